The average molecular weight is 327 g/mol. The quantitative estimate of drug-likeness (QED) is 0.575. The van der Waals surface area contributed by atoms with E-state index < -0.39 is 29.1 Å². The molecule has 0 amide bonds. The molecule has 1 aliphatic rings. The Bertz CT molecular complexity index is 546. The van der Waals surface area contributed by atoms with Crippen LogP contribution in [0.1, 0.15) is 31.9 Å². The molecule has 0 bridgehead atoms. The van der Waals surface area contributed by atoms with Crippen LogP contribution in [0.5, 0.6) is 0 Å². The number of hydrogen-bond donors (Lipinski definition) is 4. The summed E-state index contributed by atoms with van der Waals surface area (Å²) in [5.74, 6) is -2.00. The second kappa shape index (κ2) is 7.33. The van der Waals surface area contributed by atoms with Gasteiger partial charge < -0.3 is 10.4 Å². The van der Waals surface area contributed by atoms with Crippen molar-refractivity contribution < 1.29 is 18.7 Å². The highest BCUT2D eigenvalue weighted by atomic mass is 19.1. The van der Waals surface area contributed by atoms with Crippen molar-refractivity contribution >= 4 is 5.97 Å². The van der Waals surface area contributed by atoms with Crippen molar-refractivity contribution in [1.82, 2.24) is 16.2 Å². The molecule has 1 aliphatic heterocycles. The number of aliphatic carboxylic acids is 1. The van der Waals surface area contributed by atoms with E-state index in [0.29, 0.717) is 26.1 Å². The molecule has 128 valence electrons. The lowest BCUT2D eigenvalue weighted by molar-refractivity contribution is -0.147. The zero-order chi connectivity index (χ0) is 17.0. The second-order valence-electron chi connectivity index (χ2n) is 6.54. The van der Waals surface area contributed by atoms with E-state index in [1.54, 1.807) is 13.8 Å². The molecule has 2 atom stereocenters. The summed E-state index contributed by atoms with van der Waals surface area (Å²) >= 11 is 0. The number of carboxylic acids is 1. The van der Waals surface area contributed by atoms with E-state index in [0.717, 1.165) is 0 Å². The molecule has 0 radical (unpaired) electrons. The Morgan fingerprint density at radius 1 is 1.39 bits per heavy atom. The fraction of sp³-hybridized carbons (Fsp3) is 0.562. The Hall–Kier alpha value is -1.57. The molecule has 0 spiro atoms. The molecule has 1 aromatic carbocycles. The van der Waals surface area contributed by atoms with Crippen molar-refractivity contribution in [2.75, 3.05) is 19.6 Å². The van der Waals surface area contributed by atoms with Crippen molar-refractivity contribution in [3.8, 4) is 0 Å². The van der Waals surface area contributed by atoms with Crippen LogP contribution in [0.15, 0.2) is 18.2 Å². The van der Waals surface area contributed by atoms with Crippen LogP contribution in [0.3, 0.4) is 0 Å². The first-order valence-corrected chi connectivity index (χ1v) is 7.69. The normalized spacial score (nSPS) is 21.6. The maximum absolute atomic E-state index is 13.9. The van der Waals surface area contributed by atoms with Gasteiger partial charge in [-0.3, -0.25) is 10.2 Å². The molecule has 5 nitrogen and oxygen atoms in total. The summed E-state index contributed by atoms with van der Waals surface area (Å²) in [5.41, 5.74) is 5.09. The molecule has 23 heavy (non-hydrogen) atoms. The molecule has 1 aromatic rings. The zero-order valence-electron chi connectivity index (χ0n) is 13.3. The van der Waals surface area contributed by atoms with Crippen molar-refractivity contribution in [2.45, 2.75) is 26.3 Å². The van der Waals surface area contributed by atoms with E-state index in [1.807, 2.05) is 0 Å². The second-order valence-corrected chi connectivity index (χ2v) is 6.54. The summed E-state index contributed by atoms with van der Waals surface area (Å²) in [7, 11) is 0. The number of benzene rings is 1. The van der Waals surface area contributed by atoms with Gasteiger partial charge in [0.2, 0.25) is 0 Å². The van der Waals surface area contributed by atoms with Crippen molar-refractivity contribution in [3.63, 3.8) is 0 Å². The standard InChI is InChI=1S/C16H23F2N3O2/c1-16(2,15(22)23)6-7-19-8-10-9-20-21-14(10)13-11(17)4-3-5-12(13)18/h3-5,10,14,19-21H,6-9H2,1-2H3,(H,22,23). The third-order valence-electron chi connectivity index (χ3n) is 4.32. The number of rotatable bonds is 7. The van der Waals surface area contributed by atoms with E-state index in [9.17, 15) is 13.6 Å². The highest BCUT2D eigenvalue weighted by molar-refractivity contribution is 5.73. The average Bonchev–Trinajstić information content (AvgIpc) is 2.91. The molecule has 1 fully saturated rings. The number of hydrazine groups is 1. The Morgan fingerprint density at radius 3 is 2.65 bits per heavy atom. The fourth-order valence-electron chi connectivity index (χ4n) is 2.64. The summed E-state index contributed by atoms with van der Waals surface area (Å²) in [6, 6.07) is 3.38. The van der Waals surface area contributed by atoms with Crippen LogP contribution in [0.2, 0.25) is 0 Å². The molecule has 1 saturated heterocycles. The minimum Gasteiger partial charge on any atom is -0.481 e. The van der Waals surface area contributed by atoms with Gasteiger partial charge in [0.1, 0.15) is 11.6 Å². The largest absolute Gasteiger partial charge is 0.481 e. The van der Waals surface area contributed by atoms with E-state index in [1.165, 1.54) is 18.2 Å². The number of halogens is 2. The first-order chi connectivity index (χ1) is 10.8. The lowest BCUT2D eigenvalue weighted by Crippen LogP contribution is -2.33. The SMILES string of the molecule is CC(C)(CCNCC1CNNC1c1c(F)cccc1F)C(=O)O. The molecule has 7 heteroatoms. The van der Waals surface area contributed by atoms with E-state index in [2.05, 4.69) is 16.2 Å². The smallest absolute Gasteiger partial charge is 0.309 e. The summed E-state index contributed by atoms with van der Waals surface area (Å²) in [5, 5.41) is 12.3. The third kappa shape index (κ3) is 4.25. The van der Waals surface area contributed by atoms with Crippen molar-refractivity contribution in [3.05, 3.63) is 35.4 Å². The number of nitrogens with one attached hydrogen (secondary N) is 3. The van der Waals surface area contributed by atoms with Gasteiger partial charge in [0, 0.05) is 24.6 Å². The summed E-state index contributed by atoms with van der Waals surface area (Å²) < 4.78 is 27.8. The zero-order valence-corrected chi connectivity index (χ0v) is 13.3. The van der Waals surface area contributed by atoms with Gasteiger partial charge in [-0.15, -0.1) is 0 Å². The van der Waals surface area contributed by atoms with Crippen LogP contribution in [0.4, 0.5) is 8.78 Å². The Morgan fingerprint density at radius 2 is 2.04 bits per heavy atom. The van der Waals surface area contributed by atoms with Gasteiger partial charge in [-0.1, -0.05) is 6.07 Å². The molecule has 0 saturated carbocycles. The van der Waals surface area contributed by atoms with Crippen LogP contribution in [-0.4, -0.2) is 30.7 Å². The summed E-state index contributed by atoms with van der Waals surface area (Å²) in [4.78, 5) is 11.1. The minimum absolute atomic E-state index is 0.0330. The van der Waals surface area contributed by atoms with E-state index >= 15 is 0 Å². The predicted octanol–water partition coefficient (Wildman–Crippen LogP) is 1.82. The van der Waals surface area contributed by atoms with Gasteiger partial charge in [-0.05, 0) is 38.9 Å². The van der Waals surface area contributed by atoms with E-state index in [4.69, 9.17) is 5.11 Å². The van der Waals surface area contributed by atoms with Gasteiger partial charge in [-0.25, -0.2) is 14.2 Å². The van der Waals surface area contributed by atoms with Gasteiger partial charge in [-0.2, -0.15) is 0 Å². The highest BCUT2D eigenvalue weighted by Gasteiger charge is 2.32. The first kappa shape index (κ1) is 17.8. The van der Waals surface area contributed by atoms with Gasteiger partial charge in [0.05, 0.1) is 11.5 Å². The van der Waals surface area contributed by atoms with Crippen molar-refractivity contribution in [2.24, 2.45) is 11.3 Å². The third-order valence-corrected chi connectivity index (χ3v) is 4.32. The van der Waals surface area contributed by atoms with Gasteiger partial charge in [0.25, 0.3) is 0 Å². The van der Waals surface area contributed by atoms with Gasteiger partial charge in [0.15, 0.2) is 0 Å². The first-order valence-electron chi connectivity index (χ1n) is 7.69. The summed E-state index contributed by atoms with van der Waals surface area (Å²) in [6.45, 7) is 4.99. The monoisotopic (exact) mass is 327 g/mol. The molecular formula is C16H23F2N3O2. The van der Waals surface area contributed by atoms with Crippen molar-refractivity contribution in [1.29, 1.82) is 0 Å². The fourth-order valence-corrected chi connectivity index (χ4v) is 2.64. The van der Waals surface area contributed by atoms with Crippen LogP contribution < -0.4 is 16.2 Å². The Kier molecular flexibility index (Phi) is 5.67. The van der Waals surface area contributed by atoms with Crippen LogP contribution in [-0.2, 0) is 4.79 Å². The lowest BCUT2D eigenvalue weighted by Gasteiger charge is -2.22. The highest BCUT2D eigenvalue weighted by Crippen LogP contribution is 2.29. The van der Waals surface area contributed by atoms with Crippen LogP contribution >= 0.6 is 0 Å². The number of carboxylic acid groups (broad SMARTS) is 1. The summed E-state index contributed by atoms with van der Waals surface area (Å²) in [6.07, 6.45) is 0.481. The lowest BCUT2D eigenvalue weighted by atomic mass is 9.89. The predicted molar refractivity (Wildman–Crippen MR) is 82.6 cm³/mol. The number of hydrogen-bond acceptors (Lipinski definition) is 4. The molecule has 4 N–H and O–H groups in total. The topological polar surface area (TPSA) is 73.4 Å². The molecule has 0 aliphatic carbocycles. The maximum atomic E-state index is 13.9. The molecule has 0 aromatic heterocycles. The van der Waals surface area contributed by atoms with Gasteiger partial charge >= 0.3 is 5.97 Å². The molecule has 2 rings (SSSR count). The molecular weight excluding hydrogens is 304 g/mol. The van der Waals surface area contributed by atoms with Crippen LogP contribution in [0.25, 0.3) is 0 Å². The molecule has 1 heterocycles. The molecule has 2 unspecified atom stereocenters. The maximum Gasteiger partial charge on any atom is 0.309 e. The van der Waals surface area contributed by atoms with Crippen LogP contribution in [0, 0.1) is 23.0 Å². The van der Waals surface area contributed by atoms with E-state index in [-0.39, 0.29) is 11.5 Å². The Labute approximate surface area is 134 Å². The minimum atomic E-state index is -0.838. The number of carbonyl (C=O) groups is 1. The Balaban J connectivity index is 1.92.